The maximum absolute atomic E-state index is 12.0. The molecular formula is C14H16BrNO4. The second-order valence-corrected chi connectivity index (χ2v) is 4.93. The number of carboxylic acids is 1. The summed E-state index contributed by atoms with van der Waals surface area (Å²) >= 11 is 3.28. The Labute approximate surface area is 125 Å². The predicted molar refractivity (Wildman–Crippen MR) is 79.0 cm³/mol. The van der Waals surface area contributed by atoms with E-state index in [0.29, 0.717) is 28.6 Å². The van der Waals surface area contributed by atoms with Crippen molar-refractivity contribution in [3.05, 3.63) is 40.9 Å². The molecule has 6 heteroatoms. The van der Waals surface area contributed by atoms with Crippen LogP contribution in [0.25, 0.3) is 0 Å². The van der Waals surface area contributed by atoms with Gasteiger partial charge in [-0.3, -0.25) is 4.79 Å². The van der Waals surface area contributed by atoms with Gasteiger partial charge in [0.25, 0.3) is 5.91 Å². The van der Waals surface area contributed by atoms with Crippen molar-refractivity contribution in [2.24, 2.45) is 0 Å². The quantitative estimate of drug-likeness (QED) is 0.747. The van der Waals surface area contributed by atoms with Crippen molar-refractivity contribution in [2.75, 3.05) is 7.11 Å². The summed E-state index contributed by atoms with van der Waals surface area (Å²) in [5.74, 6) is -0.902. The van der Waals surface area contributed by atoms with Crippen LogP contribution >= 0.6 is 15.9 Å². The van der Waals surface area contributed by atoms with Crippen molar-refractivity contribution in [3.63, 3.8) is 0 Å². The van der Waals surface area contributed by atoms with Gasteiger partial charge in [0.05, 0.1) is 11.6 Å². The second-order valence-electron chi connectivity index (χ2n) is 4.08. The first-order chi connectivity index (χ1) is 9.49. The highest BCUT2D eigenvalue weighted by molar-refractivity contribution is 9.10. The number of carboxylic acid groups (broad SMARTS) is 1. The smallest absolute Gasteiger partial charge is 0.326 e. The Balaban J connectivity index is 2.80. The molecule has 1 rings (SSSR count). The van der Waals surface area contributed by atoms with E-state index in [9.17, 15) is 9.59 Å². The van der Waals surface area contributed by atoms with E-state index in [-0.39, 0.29) is 0 Å². The van der Waals surface area contributed by atoms with Crippen LogP contribution in [0.2, 0.25) is 0 Å². The fraction of sp³-hybridized carbons (Fsp3) is 0.286. The molecule has 0 spiro atoms. The van der Waals surface area contributed by atoms with Crippen LogP contribution in [0.5, 0.6) is 5.75 Å². The number of carbonyl (C=O) groups is 2. The van der Waals surface area contributed by atoms with Gasteiger partial charge in [-0.1, -0.05) is 6.08 Å². The molecule has 108 valence electrons. The molecule has 0 aromatic heterocycles. The molecule has 1 unspecified atom stereocenters. The Bertz CT molecular complexity index is 516. The lowest BCUT2D eigenvalue weighted by Gasteiger charge is -2.14. The Hall–Kier alpha value is -1.82. The first kappa shape index (κ1) is 16.2. The predicted octanol–water partition coefficient (Wildman–Crippen LogP) is 2.61. The van der Waals surface area contributed by atoms with Crippen LogP contribution in [0.1, 0.15) is 23.2 Å². The fourth-order valence-corrected chi connectivity index (χ4v) is 2.13. The summed E-state index contributed by atoms with van der Waals surface area (Å²) in [5, 5.41) is 11.5. The number of nitrogens with one attached hydrogen (secondary N) is 1. The Morgan fingerprint density at radius 1 is 1.55 bits per heavy atom. The molecule has 2 N–H and O–H groups in total. The molecule has 20 heavy (non-hydrogen) atoms. The number of halogens is 1. The molecule has 5 nitrogen and oxygen atoms in total. The molecule has 0 radical (unpaired) electrons. The molecule has 0 saturated carbocycles. The molecule has 1 aromatic rings. The van der Waals surface area contributed by atoms with Gasteiger partial charge in [0.2, 0.25) is 0 Å². The summed E-state index contributed by atoms with van der Waals surface area (Å²) in [6.45, 7) is 3.53. The molecule has 0 bridgehead atoms. The molecule has 0 aliphatic rings. The van der Waals surface area contributed by atoms with Gasteiger partial charge in [0, 0.05) is 5.56 Å². The molecule has 1 atom stereocenters. The summed E-state index contributed by atoms with van der Waals surface area (Å²) in [6, 6.07) is 3.87. The van der Waals surface area contributed by atoms with Gasteiger partial charge in [0.15, 0.2) is 0 Å². The number of carbonyl (C=O) groups excluding carboxylic acids is 1. The third-order valence-electron chi connectivity index (χ3n) is 2.68. The largest absolute Gasteiger partial charge is 0.496 e. The third kappa shape index (κ3) is 4.38. The number of rotatable bonds is 7. The third-order valence-corrected chi connectivity index (χ3v) is 3.30. The normalized spacial score (nSPS) is 11.5. The van der Waals surface area contributed by atoms with Gasteiger partial charge in [-0.25, -0.2) is 4.79 Å². The standard InChI is InChI=1S/C14H16BrNO4/c1-3-4-5-11(14(18)19)16-13(17)9-6-7-12(20-2)10(15)8-9/h3,6-8,11H,1,4-5H2,2H3,(H,16,17)(H,18,19). The summed E-state index contributed by atoms with van der Waals surface area (Å²) in [5.41, 5.74) is 0.363. The zero-order valence-electron chi connectivity index (χ0n) is 11.1. The Kier molecular flexibility index (Phi) is 6.24. The highest BCUT2D eigenvalue weighted by Gasteiger charge is 2.20. The molecular weight excluding hydrogens is 326 g/mol. The van der Waals surface area contributed by atoms with Gasteiger partial charge in [-0.05, 0) is 47.0 Å². The molecule has 0 saturated heterocycles. The van der Waals surface area contributed by atoms with Crippen molar-refractivity contribution < 1.29 is 19.4 Å². The minimum absolute atomic E-state index is 0.307. The summed E-state index contributed by atoms with van der Waals surface area (Å²) in [6.07, 6.45) is 2.44. The van der Waals surface area contributed by atoms with Gasteiger partial charge in [-0.15, -0.1) is 6.58 Å². The number of methoxy groups -OCH3 is 1. The Morgan fingerprint density at radius 3 is 2.75 bits per heavy atom. The summed E-state index contributed by atoms with van der Waals surface area (Å²) < 4.78 is 5.70. The average Bonchev–Trinajstić information content (AvgIpc) is 2.42. The Morgan fingerprint density at radius 2 is 2.25 bits per heavy atom. The SMILES string of the molecule is C=CCCC(NC(=O)c1ccc(OC)c(Br)c1)C(=O)O. The van der Waals surface area contributed by atoms with E-state index in [1.54, 1.807) is 24.3 Å². The van der Waals surface area contributed by atoms with E-state index in [1.165, 1.54) is 7.11 Å². The van der Waals surface area contributed by atoms with E-state index >= 15 is 0 Å². The maximum Gasteiger partial charge on any atom is 0.326 e. The first-order valence-electron chi connectivity index (χ1n) is 5.97. The van der Waals surface area contributed by atoms with Gasteiger partial charge < -0.3 is 15.2 Å². The highest BCUT2D eigenvalue weighted by atomic mass is 79.9. The van der Waals surface area contributed by atoms with Crippen molar-refractivity contribution in [1.82, 2.24) is 5.32 Å². The van der Waals surface area contributed by atoms with Crippen molar-refractivity contribution >= 4 is 27.8 Å². The number of hydrogen-bond donors (Lipinski definition) is 2. The molecule has 0 aliphatic heterocycles. The van der Waals surface area contributed by atoms with Crippen molar-refractivity contribution in [2.45, 2.75) is 18.9 Å². The lowest BCUT2D eigenvalue weighted by atomic mass is 10.1. The van der Waals surface area contributed by atoms with Gasteiger partial charge in [0.1, 0.15) is 11.8 Å². The van der Waals surface area contributed by atoms with E-state index in [2.05, 4.69) is 27.8 Å². The zero-order valence-corrected chi connectivity index (χ0v) is 12.6. The van der Waals surface area contributed by atoms with Crippen LogP contribution < -0.4 is 10.1 Å². The number of hydrogen-bond acceptors (Lipinski definition) is 3. The molecule has 0 fully saturated rings. The highest BCUT2D eigenvalue weighted by Crippen LogP contribution is 2.25. The van der Waals surface area contributed by atoms with Crippen LogP contribution in [0.3, 0.4) is 0 Å². The minimum Gasteiger partial charge on any atom is -0.496 e. The van der Waals surface area contributed by atoms with E-state index in [0.717, 1.165) is 0 Å². The van der Waals surface area contributed by atoms with Crippen LogP contribution in [0.15, 0.2) is 35.3 Å². The van der Waals surface area contributed by atoms with Crippen molar-refractivity contribution in [1.29, 1.82) is 0 Å². The number of benzene rings is 1. The molecule has 1 aromatic carbocycles. The number of ether oxygens (including phenoxy) is 1. The van der Waals surface area contributed by atoms with Crippen LogP contribution in [0.4, 0.5) is 0 Å². The van der Waals surface area contributed by atoms with Crippen LogP contribution in [0, 0.1) is 0 Å². The number of amides is 1. The lowest BCUT2D eigenvalue weighted by Crippen LogP contribution is -2.40. The van der Waals surface area contributed by atoms with E-state index in [4.69, 9.17) is 9.84 Å². The van der Waals surface area contributed by atoms with Gasteiger partial charge >= 0.3 is 5.97 Å². The zero-order chi connectivity index (χ0) is 15.1. The first-order valence-corrected chi connectivity index (χ1v) is 6.77. The molecule has 1 amide bonds. The summed E-state index contributed by atoms with van der Waals surface area (Å²) in [4.78, 5) is 23.1. The minimum atomic E-state index is -1.06. The van der Waals surface area contributed by atoms with Crippen molar-refractivity contribution in [3.8, 4) is 5.75 Å². The summed E-state index contributed by atoms with van der Waals surface area (Å²) in [7, 11) is 1.52. The average molecular weight is 342 g/mol. The van der Waals surface area contributed by atoms with Crippen LogP contribution in [-0.2, 0) is 4.79 Å². The fourth-order valence-electron chi connectivity index (χ4n) is 1.59. The monoisotopic (exact) mass is 341 g/mol. The number of aliphatic carboxylic acids is 1. The molecule has 0 heterocycles. The lowest BCUT2D eigenvalue weighted by molar-refractivity contribution is -0.139. The second kappa shape index (κ2) is 7.69. The topological polar surface area (TPSA) is 75.6 Å². The number of allylic oxidation sites excluding steroid dienone is 1. The van der Waals surface area contributed by atoms with E-state index in [1.807, 2.05) is 0 Å². The maximum atomic E-state index is 12.0. The molecule has 0 aliphatic carbocycles. The van der Waals surface area contributed by atoms with E-state index < -0.39 is 17.9 Å². The van der Waals surface area contributed by atoms with Crippen LogP contribution in [-0.4, -0.2) is 30.1 Å². The van der Waals surface area contributed by atoms with Gasteiger partial charge in [-0.2, -0.15) is 0 Å².